The van der Waals surface area contributed by atoms with E-state index in [0.717, 1.165) is 0 Å². The quantitative estimate of drug-likeness (QED) is 0.463. The molecule has 1 fully saturated rings. The van der Waals surface area contributed by atoms with Crippen LogP contribution in [0, 0.1) is 0 Å². The Labute approximate surface area is 109 Å². The largest absolute Gasteiger partial charge is 0.394 e. The summed E-state index contributed by atoms with van der Waals surface area (Å²) in [6.45, 7) is -0.392. The third kappa shape index (κ3) is 2.59. The first-order chi connectivity index (χ1) is 8.93. The number of aliphatic hydroxyl groups is 3. The number of nitrogens with two attached hydrogens (primary N) is 1. The topological polar surface area (TPSA) is 117 Å². The van der Waals surface area contributed by atoms with Gasteiger partial charge in [0, 0.05) is 5.56 Å². The molecule has 7 heteroatoms. The lowest BCUT2D eigenvalue weighted by Gasteiger charge is -2.14. The molecule has 0 bridgehead atoms. The lowest BCUT2D eigenvalue weighted by atomic mass is 10.0. The van der Waals surface area contributed by atoms with Gasteiger partial charge in [0.2, 0.25) is 0 Å². The molecule has 19 heavy (non-hydrogen) atoms. The van der Waals surface area contributed by atoms with Crippen molar-refractivity contribution in [2.45, 2.75) is 24.4 Å². The smallest absolute Gasteiger partial charge is 0.254 e. The Balaban J connectivity index is 2.34. The van der Waals surface area contributed by atoms with Crippen LogP contribution in [0.2, 0.25) is 0 Å². The molecule has 0 aliphatic carbocycles. The molecule has 0 radical (unpaired) electrons. The molecule has 2 heterocycles. The number of primary amides is 1. The Kier molecular flexibility index (Phi) is 3.81. The molecule has 0 aromatic carbocycles. The highest BCUT2D eigenvalue weighted by atomic mass is 16.6. The molecule has 1 saturated heterocycles. The highest BCUT2D eigenvalue weighted by Crippen LogP contribution is 2.33. The normalized spacial score (nSPS) is 30.5. The first-order valence-corrected chi connectivity index (χ1v) is 5.86. The van der Waals surface area contributed by atoms with Crippen LogP contribution in [0.1, 0.15) is 22.0 Å². The fourth-order valence-corrected chi connectivity index (χ4v) is 2.21. The minimum Gasteiger partial charge on any atom is -0.394 e. The summed E-state index contributed by atoms with van der Waals surface area (Å²) in [6, 6.07) is 1.50. The fourth-order valence-electron chi connectivity index (χ4n) is 2.21. The predicted octanol–water partition coefficient (Wildman–Crippen LogP) is -2.24. The van der Waals surface area contributed by atoms with Crippen LogP contribution in [-0.2, 0) is 11.8 Å². The lowest BCUT2D eigenvalue weighted by molar-refractivity contribution is -0.672. The van der Waals surface area contributed by atoms with Crippen molar-refractivity contribution in [3.8, 4) is 0 Å². The first-order valence-electron chi connectivity index (χ1n) is 5.86. The molecule has 1 aromatic heterocycles. The number of carbonyl (C=O) groups excluding carboxylic acids is 1. The van der Waals surface area contributed by atoms with Crippen molar-refractivity contribution in [1.29, 1.82) is 0 Å². The summed E-state index contributed by atoms with van der Waals surface area (Å²) in [4.78, 5) is 11.2. The summed E-state index contributed by atoms with van der Waals surface area (Å²) >= 11 is 0. The van der Waals surface area contributed by atoms with E-state index in [1.807, 2.05) is 0 Å². The Hall–Kier alpha value is -1.54. The third-order valence-electron chi connectivity index (χ3n) is 3.17. The number of rotatable bonds is 3. The molecule has 7 nitrogen and oxygen atoms in total. The third-order valence-corrected chi connectivity index (χ3v) is 3.17. The van der Waals surface area contributed by atoms with Crippen LogP contribution in [0.5, 0.6) is 0 Å². The van der Waals surface area contributed by atoms with E-state index >= 15 is 0 Å². The number of ether oxygens (including phenoxy) is 1. The van der Waals surface area contributed by atoms with E-state index in [1.54, 1.807) is 24.0 Å². The van der Waals surface area contributed by atoms with Gasteiger partial charge in [-0.3, -0.25) is 4.79 Å². The van der Waals surface area contributed by atoms with Gasteiger partial charge in [0.25, 0.3) is 5.91 Å². The summed E-state index contributed by atoms with van der Waals surface area (Å²) in [7, 11) is 1.71. The zero-order valence-electron chi connectivity index (χ0n) is 10.4. The monoisotopic (exact) mass is 269 g/mol. The molecule has 0 saturated carbocycles. The van der Waals surface area contributed by atoms with E-state index < -0.39 is 36.9 Å². The van der Waals surface area contributed by atoms with Gasteiger partial charge in [0.15, 0.2) is 12.4 Å². The van der Waals surface area contributed by atoms with E-state index in [9.17, 15) is 15.0 Å². The molecule has 104 valence electrons. The standard InChI is InChI=1S/C12H16N2O5/c1-14-3-6(2-7(4-14)12(13)18)11-10(17)9(16)8(5-15)19-11/h2-4,8-11,15-17H,5H2,1H3,(H-,13,18)/p+1/t8-,9-,10-,11+/m1/s1. The average Bonchev–Trinajstić information content (AvgIpc) is 2.65. The second-order valence-electron chi connectivity index (χ2n) is 4.65. The molecule has 1 aromatic rings. The van der Waals surface area contributed by atoms with Crippen molar-refractivity contribution in [2.75, 3.05) is 6.61 Å². The van der Waals surface area contributed by atoms with Gasteiger partial charge >= 0.3 is 0 Å². The predicted molar refractivity (Wildman–Crippen MR) is 62.8 cm³/mol. The minimum atomic E-state index is -1.17. The molecule has 5 N–H and O–H groups in total. The number of hydrogen-bond donors (Lipinski definition) is 4. The summed E-state index contributed by atoms with van der Waals surface area (Å²) in [5.74, 6) is -0.593. The van der Waals surface area contributed by atoms with Gasteiger partial charge < -0.3 is 25.8 Å². The van der Waals surface area contributed by atoms with Crippen LogP contribution in [0.3, 0.4) is 0 Å². The van der Waals surface area contributed by atoms with E-state index in [-0.39, 0.29) is 5.56 Å². The Morgan fingerprint density at radius 2 is 2.11 bits per heavy atom. The highest BCUT2D eigenvalue weighted by Gasteiger charge is 2.43. The molecule has 1 amide bonds. The van der Waals surface area contributed by atoms with Crippen LogP contribution < -0.4 is 10.3 Å². The maximum Gasteiger partial charge on any atom is 0.254 e. The SMILES string of the molecule is C[n+]1cc(C(N)=O)cc([C@@H]2O[C@H](CO)[C@@H](O)[C@H]2O)c1. The molecule has 4 atom stereocenters. The zero-order chi connectivity index (χ0) is 14.2. The molecular weight excluding hydrogens is 252 g/mol. The van der Waals surface area contributed by atoms with Crippen molar-refractivity contribution < 1.29 is 29.4 Å². The fraction of sp³-hybridized carbons (Fsp3) is 0.500. The number of aliphatic hydroxyl groups excluding tert-OH is 3. The van der Waals surface area contributed by atoms with E-state index in [4.69, 9.17) is 15.6 Å². The Bertz CT molecular complexity index is 493. The van der Waals surface area contributed by atoms with Gasteiger partial charge in [-0.15, -0.1) is 0 Å². The highest BCUT2D eigenvalue weighted by molar-refractivity contribution is 5.92. The van der Waals surface area contributed by atoms with E-state index in [1.165, 1.54) is 6.07 Å². The Morgan fingerprint density at radius 1 is 1.42 bits per heavy atom. The van der Waals surface area contributed by atoms with Crippen LogP contribution in [0.15, 0.2) is 18.5 Å². The number of hydrogen-bond acceptors (Lipinski definition) is 5. The van der Waals surface area contributed by atoms with Crippen LogP contribution in [0.25, 0.3) is 0 Å². The number of carbonyl (C=O) groups is 1. The van der Waals surface area contributed by atoms with Crippen LogP contribution >= 0.6 is 0 Å². The molecule has 2 rings (SSSR count). The van der Waals surface area contributed by atoms with Crippen molar-refractivity contribution in [3.63, 3.8) is 0 Å². The second-order valence-corrected chi connectivity index (χ2v) is 4.65. The first kappa shape index (κ1) is 13.9. The second kappa shape index (κ2) is 5.22. The summed E-state index contributed by atoms with van der Waals surface area (Å²) in [5, 5.41) is 28.7. The number of nitrogens with zero attached hydrogens (tertiary/aromatic N) is 1. The number of pyridine rings is 1. The molecule has 1 aliphatic rings. The lowest BCUT2D eigenvalue weighted by Crippen LogP contribution is -2.34. The van der Waals surface area contributed by atoms with Gasteiger partial charge in [0.05, 0.1) is 6.61 Å². The molecule has 0 unspecified atom stereocenters. The average molecular weight is 269 g/mol. The van der Waals surface area contributed by atoms with Gasteiger partial charge in [-0.2, -0.15) is 0 Å². The van der Waals surface area contributed by atoms with Gasteiger partial charge in [-0.25, -0.2) is 4.57 Å². The van der Waals surface area contributed by atoms with Gasteiger partial charge in [0.1, 0.15) is 37.0 Å². The number of aromatic nitrogens is 1. The Morgan fingerprint density at radius 3 is 2.63 bits per heavy atom. The molecule has 0 spiro atoms. The van der Waals surface area contributed by atoms with Gasteiger partial charge in [-0.05, 0) is 6.07 Å². The zero-order valence-corrected chi connectivity index (χ0v) is 10.4. The van der Waals surface area contributed by atoms with Gasteiger partial charge in [-0.1, -0.05) is 0 Å². The van der Waals surface area contributed by atoms with Crippen LogP contribution in [-0.4, -0.2) is 46.1 Å². The summed E-state index contributed by atoms with van der Waals surface area (Å²) < 4.78 is 7.01. The van der Waals surface area contributed by atoms with Crippen molar-refractivity contribution in [3.05, 3.63) is 29.6 Å². The maximum absolute atomic E-state index is 11.2. The van der Waals surface area contributed by atoms with Crippen LogP contribution in [0.4, 0.5) is 0 Å². The molecular formula is C12H17N2O5+. The van der Waals surface area contributed by atoms with E-state index in [0.29, 0.717) is 5.56 Å². The number of aryl methyl sites for hydroxylation is 1. The molecule has 1 aliphatic heterocycles. The van der Waals surface area contributed by atoms with Crippen molar-refractivity contribution in [2.24, 2.45) is 12.8 Å². The summed E-state index contributed by atoms with van der Waals surface area (Å²) in [6.07, 6.45) is -0.780. The van der Waals surface area contributed by atoms with Crippen molar-refractivity contribution in [1.82, 2.24) is 0 Å². The van der Waals surface area contributed by atoms with E-state index in [2.05, 4.69) is 0 Å². The minimum absolute atomic E-state index is 0.276. The number of amides is 1. The summed E-state index contributed by atoms with van der Waals surface area (Å²) in [5.41, 5.74) is 6.01. The maximum atomic E-state index is 11.2. The van der Waals surface area contributed by atoms with Crippen molar-refractivity contribution >= 4 is 5.91 Å².